The minimum Gasteiger partial charge on any atom is -0.379 e. The highest BCUT2D eigenvalue weighted by Gasteiger charge is 2.11. The number of rotatable bonds is 8. The number of nitrogens with zero attached hydrogens (tertiary/aromatic N) is 2. The molecule has 0 fully saturated rings. The van der Waals surface area contributed by atoms with Crippen molar-refractivity contribution in [1.82, 2.24) is 14.8 Å². The summed E-state index contributed by atoms with van der Waals surface area (Å²) in [6.07, 6.45) is 0.289. The van der Waals surface area contributed by atoms with Gasteiger partial charge in [-0.3, -0.25) is 14.5 Å². The number of aromatic amines is 1. The summed E-state index contributed by atoms with van der Waals surface area (Å²) in [6, 6.07) is 26.3. The average molecular weight is 458 g/mol. The van der Waals surface area contributed by atoms with Crippen LogP contribution in [-0.4, -0.2) is 20.7 Å². The topological polar surface area (TPSA) is 74.7 Å². The summed E-state index contributed by atoms with van der Waals surface area (Å²) in [4.78, 5) is 12.6. The number of hydrogen-bond acceptors (Lipinski definition) is 4. The van der Waals surface area contributed by atoms with Crippen LogP contribution in [0, 0.1) is 11.7 Å². The maximum atomic E-state index is 12.6. The second-order valence-electron chi connectivity index (χ2n) is 8.03. The molecule has 0 bridgehead atoms. The van der Waals surface area contributed by atoms with Gasteiger partial charge in [-0.25, -0.2) is 0 Å². The van der Waals surface area contributed by atoms with E-state index in [4.69, 9.17) is 12.2 Å². The van der Waals surface area contributed by atoms with E-state index < -0.39 is 0 Å². The summed E-state index contributed by atoms with van der Waals surface area (Å²) in [5.74, 6) is 0.658. The first-order chi connectivity index (χ1) is 16.0. The molecule has 6 nitrogen and oxygen atoms in total. The zero-order valence-corrected chi connectivity index (χ0v) is 19.5. The number of H-pyrrole nitrogens is 1. The molecule has 4 rings (SSSR count). The lowest BCUT2D eigenvalue weighted by Gasteiger charge is -2.16. The zero-order valence-electron chi connectivity index (χ0n) is 18.7. The summed E-state index contributed by atoms with van der Waals surface area (Å²) in [6.45, 7) is 4.60. The highest BCUT2D eigenvalue weighted by atomic mass is 32.1. The monoisotopic (exact) mass is 457 g/mol. The number of anilines is 2. The molecule has 33 heavy (non-hydrogen) atoms. The molecule has 1 aromatic heterocycles. The number of benzene rings is 3. The number of carbonyl (C=O) groups is 1. The Hall–Kier alpha value is -3.71. The molecule has 0 saturated carbocycles. The van der Waals surface area contributed by atoms with Gasteiger partial charge in [-0.05, 0) is 62.0 Å². The van der Waals surface area contributed by atoms with Crippen LogP contribution >= 0.6 is 12.2 Å². The maximum absolute atomic E-state index is 12.6. The van der Waals surface area contributed by atoms with Gasteiger partial charge in [0.05, 0.1) is 0 Å². The first kappa shape index (κ1) is 22.5. The molecule has 0 aliphatic carbocycles. The van der Waals surface area contributed by atoms with E-state index >= 15 is 0 Å². The highest BCUT2D eigenvalue weighted by Crippen LogP contribution is 2.21. The van der Waals surface area contributed by atoms with Crippen LogP contribution in [0.2, 0.25) is 0 Å². The van der Waals surface area contributed by atoms with E-state index in [-0.39, 0.29) is 18.4 Å². The molecule has 168 valence electrons. The second-order valence-corrected chi connectivity index (χ2v) is 8.41. The Bertz CT molecular complexity index is 1280. The fourth-order valence-electron chi connectivity index (χ4n) is 3.69. The van der Waals surface area contributed by atoms with Gasteiger partial charge in [-0.15, -0.1) is 0 Å². The maximum Gasteiger partial charge on any atom is 0.226 e. The van der Waals surface area contributed by atoms with Gasteiger partial charge in [-0.1, -0.05) is 54.1 Å². The Labute approximate surface area is 198 Å². The average Bonchev–Trinajstić information content (AvgIpc) is 3.20. The molecule has 3 aromatic carbocycles. The molecule has 7 heteroatoms. The molecule has 4 aromatic rings. The highest BCUT2D eigenvalue weighted by molar-refractivity contribution is 7.71. The smallest absolute Gasteiger partial charge is 0.226 e. The van der Waals surface area contributed by atoms with Crippen molar-refractivity contribution in [3.8, 4) is 11.4 Å². The van der Waals surface area contributed by atoms with Crippen molar-refractivity contribution in [2.24, 2.45) is 0 Å². The Balaban J connectivity index is 1.34. The van der Waals surface area contributed by atoms with Crippen molar-refractivity contribution in [1.29, 1.82) is 0 Å². The van der Waals surface area contributed by atoms with Gasteiger partial charge in [0, 0.05) is 35.9 Å². The summed E-state index contributed by atoms with van der Waals surface area (Å²) in [5, 5.41) is 13.6. The molecule has 1 amide bonds. The van der Waals surface area contributed by atoms with Crippen molar-refractivity contribution in [2.45, 2.75) is 32.9 Å². The Kier molecular flexibility index (Phi) is 7.00. The van der Waals surface area contributed by atoms with E-state index in [1.54, 1.807) is 0 Å². The molecule has 0 aliphatic heterocycles. The molecule has 0 radical (unpaired) electrons. The molecule has 1 atom stereocenters. The molecule has 0 saturated heterocycles. The Morgan fingerprint density at radius 2 is 1.76 bits per heavy atom. The van der Waals surface area contributed by atoms with Crippen molar-refractivity contribution in [3.63, 3.8) is 0 Å². The first-order valence-electron chi connectivity index (χ1n) is 10.9. The lowest BCUT2D eigenvalue weighted by molar-refractivity contribution is -0.116. The molecule has 3 N–H and O–H groups in total. The van der Waals surface area contributed by atoms with Gasteiger partial charge < -0.3 is 10.6 Å². The second kappa shape index (κ2) is 10.3. The van der Waals surface area contributed by atoms with Gasteiger partial charge >= 0.3 is 0 Å². The van der Waals surface area contributed by atoms with Gasteiger partial charge in [-0.2, -0.15) is 5.10 Å². The third-order valence-electron chi connectivity index (χ3n) is 5.45. The number of aryl methyl sites for hydroxylation is 1. The van der Waals surface area contributed by atoms with Crippen LogP contribution in [0.25, 0.3) is 11.4 Å². The van der Waals surface area contributed by atoms with Crippen LogP contribution in [0.5, 0.6) is 0 Å². The van der Waals surface area contributed by atoms with Crippen LogP contribution in [0.4, 0.5) is 11.4 Å². The quantitative estimate of drug-likeness (QED) is 0.279. The van der Waals surface area contributed by atoms with Crippen LogP contribution in [-0.2, 0) is 11.3 Å². The largest absolute Gasteiger partial charge is 0.379 e. The Morgan fingerprint density at radius 3 is 2.48 bits per heavy atom. The summed E-state index contributed by atoms with van der Waals surface area (Å²) in [5.41, 5.74) is 5.08. The van der Waals surface area contributed by atoms with E-state index in [1.807, 2.05) is 72.2 Å². The summed E-state index contributed by atoms with van der Waals surface area (Å²) in [7, 11) is 0. The SMILES string of the molecule is Cc1cccc(-c2n[nH]c(=S)n2CCC(=O)Nc2ccc(NC(C)c3ccccc3)cc2)c1. The van der Waals surface area contributed by atoms with Crippen LogP contribution < -0.4 is 10.6 Å². The standard InChI is InChI=1S/C26H27N5OS/c1-18-7-6-10-21(17-18)25-29-30-26(33)31(25)16-15-24(32)28-23-13-11-22(12-14-23)27-19(2)20-8-4-3-5-9-20/h3-14,17,19,27H,15-16H2,1-2H3,(H,28,32)(H,30,33). The number of aromatic nitrogens is 3. The summed E-state index contributed by atoms with van der Waals surface area (Å²) >= 11 is 5.38. The number of carbonyl (C=O) groups excluding carboxylic acids is 1. The Morgan fingerprint density at radius 1 is 1.03 bits per heavy atom. The third-order valence-corrected chi connectivity index (χ3v) is 5.76. The van der Waals surface area contributed by atoms with Gasteiger partial charge in [0.2, 0.25) is 5.91 Å². The van der Waals surface area contributed by atoms with Crippen molar-refractivity contribution in [3.05, 3.63) is 94.8 Å². The predicted octanol–water partition coefficient (Wildman–Crippen LogP) is 6.12. The van der Waals surface area contributed by atoms with Crippen molar-refractivity contribution in [2.75, 3.05) is 10.6 Å². The molecule has 1 unspecified atom stereocenters. The van der Waals surface area contributed by atoms with Crippen LogP contribution in [0.3, 0.4) is 0 Å². The molecule has 1 heterocycles. The van der Waals surface area contributed by atoms with Gasteiger partial charge in [0.25, 0.3) is 0 Å². The number of nitrogens with one attached hydrogen (secondary N) is 3. The molecule has 0 aliphatic rings. The van der Waals surface area contributed by atoms with E-state index in [0.717, 1.165) is 28.3 Å². The molecular formula is C26H27N5OS. The number of amides is 1. The van der Waals surface area contributed by atoms with Crippen LogP contribution in [0.15, 0.2) is 78.9 Å². The fraction of sp³-hybridized carbons (Fsp3) is 0.192. The zero-order chi connectivity index (χ0) is 23.2. The summed E-state index contributed by atoms with van der Waals surface area (Å²) < 4.78 is 2.36. The van der Waals surface area contributed by atoms with E-state index in [9.17, 15) is 4.79 Å². The lowest BCUT2D eigenvalue weighted by atomic mass is 10.1. The van der Waals surface area contributed by atoms with Crippen LogP contribution in [0.1, 0.15) is 30.5 Å². The van der Waals surface area contributed by atoms with E-state index in [2.05, 4.69) is 46.0 Å². The van der Waals surface area contributed by atoms with Gasteiger partial charge in [0.15, 0.2) is 10.6 Å². The normalized spacial score (nSPS) is 11.7. The van der Waals surface area contributed by atoms with Crippen molar-refractivity contribution < 1.29 is 4.79 Å². The minimum absolute atomic E-state index is 0.0772. The third kappa shape index (κ3) is 5.75. The predicted molar refractivity (Wildman–Crippen MR) is 136 cm³/mol. The molecular weight excluding hydrogens is 430 g/mol. The van der Waals surface area contributed by atoms with Crippen molar-refractivity contribution >= 4 is 29.5 Å². The van der Waals surface area contributed by atoms with E-state index in [1.165, 1.54) is 5.56 Å². The fourth-order valence-corrected chi connectivity index (χ4v) is 3.91. The minimum atomic E-state index is -0.0772. The first-order valence-corrected chi connectivity index (χ1v) is 11.3. The molecule has 0 spiro atoms. The number of hydrogen-bond donors (Lipinski definition) is 3. The van der Waals surface area contributed by atoms with E-state index in [0.29, 0.717) is 11.3 Å². The lowest BCUT2D eigenvalue weighted by Crippen LogP contribution is -2.15. The van der Waals surface area contributed by atoms with Gasteiger partial charge in [0.1, 0.15) is 0 Å².